The highest BCUT2D eigenvalue weighted by atomic mass is 16.2. The number of carbonyl (C=O) groups is 1. The average Bonchev–Trinajstić information content (AvgIpc) is 2.68. The Morgan fingerprint density at radius 2 is 1.79 bits per heavy atom. The average molecular weight is 323 g/mol. The number of hydrogen-bond acceptors (Lipinski definition) is 3. The van der Waals surface area contributed by atoms with Crippen molar-refractivity contribution in [2.75, 3.05) is 20.1 Å². The van der Waals surface area contributed by atoms with Crippen molar-refractivity contribution in [3.8, 4) is 0 Å². The van der Waals surface area contributed by atoms with E-state index in [0.29, 0.717) is 6.04 Å². The number of nitrogens with zero attached hydrogens (tertiary/aromatic N) is 3. The lowest BCUT2D eigenvalue weighted by Gasteiger charge is -2.39. The van der Waals surface area contributed by atoms with Crippen LogP contribution in [0.2, 0.25) is 0 Å². The normalized spacial score (nSPS) is 17.0. The van der Waals surface area contributed by atoms with Crippen LogP contribution in [0.25, 0.3) is 0 Å². The largest absolute Gasteiger partial charge is 0.339 e. The van der Waals surface area contributed by atoms with Crippen molar-refractivity contribution in [3.63, 3.8) is 0 Å². The summed E-state index contributed by atoms with van der Waals surface area (Å²) in [6.45, 7) is 3.83. The van der Waals surface area contributed by atoms with Gasteiger partial charge in [0.1, 0.15) is 0 Å². The molecule has 0 bridgehead atoms. The van der Waals surface area contributed by atoms with Gasteiger partial charge in [0.2, 0.25) is 0 Å². The smallest absolute Gasteiger partial charge is 0.253 e. The van der Waals surface area contributed by atoms with E-state index in [-0.39, 0.29) is 11.9 Å². The summed E-state index contributed by atoms with van der Waals surface area (Å²) in [5.41, 5.74) is 1.88. The monoisotopic (exact) mass is 323 g/mol. The molecule has 3 rings (SSSR count). The predicted octanol–water partition coefficient (Wildman–Crippen LogP) is 3.38. The minimum atomic E-state index is 0.148. The van der Waals surface area contributed by atoms with E-state index < -0.39 is 0 Å². The highest BCUT2D eigenvalue weighted by Gasteiger charge is 2.28. The Hall–Kier alpha value is -2.20. The maximum Gasteiger partial charge on any atom is 0.253 e. The van der Waals surface area contributed by atoms with Gasteiger partial charge >= 0.3 is 0 Å². The van der Waals surface area contributed by atoms with Gasteiger partial charge in [0.25, 0.3) is 5.91 Å². The van der Waals surface area contributed by atoms with Crippen LogP contribution in [-0.4, -0.2) is 46.9 Å². The third-order valence-corrected chi connectivity index (χ3v) is 5.08. The maximum atomic E-state index is 12.5. The van der Waals surface area contributed by atoms with Gasteiger partial charge in [0.15, 0.2) is 0 Å². The van der Waals surface area contributed by atoms with Crippen molar-refractivity contribution < 1.29 is 4.79 Å². The molecule has 4 heteroatoms. The molecule has 1 aromatic carbocycles. The first-order valence-electron chi connectivity index (χ1n) is 8.64. The summed E-state index contributed by atoms with van der Waals surface area (Å²) in [5.74, 6) is 0.148. The summed E-state index contributed by atoms with van der Waals surface area (Å²) in [6.07, 6.45) is 3.86. The Morgan fingerprint density at radius 1 is 1.12 bits per heavy atom. The molecule has 1 aromatic heterocycles. The third-order valence-electron chi connectivity index (χ3n) is 5.08. The summed E-state index contributed by atoms with van der Waals surface area (Å²) in [7, 11) is 2.17. The summed E-state index contributed by atoms with van der Waals surface area (Å²) >= 11 is 0. The zero-order chi connectivity index (χ0) is 16.9. The molecule has 0 N–H and O–H groups in total. The second kappa shape index (κ2) is 7.58. The van der Waals surface area contributed by atoms with Crippen LogP contribution in [0.4, 0.5) is 0 Å². The summed E-state index contributed by atoms with van der Waals surface area (Å²) < 4.78 is 0. The fraction of sp³-hybridized carbons (Fsp3) is 0.400. The summed E-state index contributed by atoms with van der Waals surface area (Å²) in [4.78, 5) is 21.4. The first kappa shape index (κ1) is 16.7. The molecule has 1 atom stereocenters. The number of likely N-dealkylation sites (tertiary alicyclic amines) is 1. The van der Waals surface area contributed by atoms with Crippen LogP contribution in [0, 0.1) is 0 Å². The molecule has 24 heavy (non-hydrogen) atoms. The number of piperidine rings is 1. The van der Waals surface area contributed by atoms with Gasteiger partial charge in [0.05, 0.1) is 5.69 Å². The number of amides is 1. The van der Waals surface area contributed by atoms with Crippen LogP contribution in [0.5, 0.6) is 0 Å². The Morgan fingerprint density at radius 3 is 2.42 bits per heavy atom. The van der Waals surface area contributed by atoms with Crippen LogP contribution >= 0.6 is 0 Å². The Balaban J connectivity index is 1.58. The summed E-state index contributed by atoms with van der Waals surface area (Å²) in [5, 5.41) is 0. The van der Waals surface area contributed by atoms with E-state index >= 15 is 0 Å². The molecule has 0 unspecified atom stereocenters. The molecule has 1 aliphatic heterocycles. The Kier molecular flexibility index (Phi) is 5.26. The Bertz CT molecular complexity index is 651. The molecule has 2 aromatic rings. The number of hydrogen-bond donors (Lipinski definition) is 0. The first-order valence-corrected chi connectivity index (χ1v) is 8.64. The molecular formula is C20H25N3O. The lowest BCUT2D eigenvalue weighted by atomic mass is 10.0. The van der Waals surface area contributed by atoms with Crippen LogP contribution in [0.3, 0.4) is 0 Å². The quantitative estimate of drug-likeness (QED) is 0.865. The standard InChI is InChI=1S/C20H25N3O/c1-16(19-10-6-7-13-21-19)22(2)18-11-14-23(15-12-18)20(24)17-8-4-3-5-9-17/h3-10,13,16,18H,11-12,14-15H2,1-2H3/t16-/m1/s1. The highest BCUT2D eigenvalue weighted by Crippen LogP contribution is 2.25. The van der Waals surface area contributed by atoms with E-state index in [1.54, 1.807) is 0 Å². The van der Waals surface area contributed by atoms with E-state index in [0.717, 1.165) is 37.2 Å². The molecule has 0 radical (unpaired) electrons. The van der Waals surface area contributed by atoms with Crippen molar-refractivity contribution in [3.05, 3.63) is 66.0 Å². The van der Waals surface area contributed by atoms with Gasteiger partial charge in [-0.1, -0.05) is 24.3 Å². The number of rotatable bonds is 4. The molecule has 126 valence electrons. The van der Waals surface area contributed by atoms with E-state index in [1.807, 2.05) is 53.6 Å². The van der Waals surface area contributed by atoms with Crippen molar-refractivity contribution in [1.82, 2.24) is 14.8 Å². The van der Waals surface area contributed by atoms with Gasteiger partial charge < -0.3 is 4.90 Å². The first-order chi connectivity index (χ1) is 11.7. The molecule has 0 spiro atoms. The number of aromatic nitrogens is 1. The topological polar surface area (TPSA) is 36.4 Å². The molecule has 1 amide bonds. The lowest BCUT2D eigenvalue weighted by Crippen LogP contribution is -2.46. The zero-order valence-corrected chi connectivity index (χ0v) is 14.4. The van der Waals surface area contributed by atoms with E-state index in [9.17, 15) is 4.79 Å². The molecule has 1 saturated heterocycles. The lowest BCUT2D eigenvalue weighted by molar-refractivity contribution is 0.0604. The molecule has 1 fully saturated rings. The second-order valence-electron chi connectivity index (χ2n) is 6.49. The maximum absolute atomic E-state index is 12.5. The van der Waals surface area contributed by atoms with Gasteiger partial charge in [0, 0.05) is 36.9 Å². The molecule has 0 aliphatic carbocycles. The molecular weight excluding hydrogens is 298 g/mol. The van der Waals surface area contributed by atoms with Gasteiger partial charge in [-0.2, -0.15) is 0 Å². The van der Waals surface area contributed by atoms with Crippen molar-refractivity contribution in [1.29, 1.82) is 0 Å². The number of benzene rings is 1. The Labute approximate surface area is 144 Å². The molecule has 4 nitrogen and oxygen atoms in total. The van der Waals surface area contributed by atoms with Gasteiger partial charge in [-0.25, -0.2) is 0 Å². The van der Waals surface area contributed by atoms with Crippen LogP contribution in [0.1, 0.15) is 41.9 Å². The predicted molar refractivity (Wildman–Crippen MR) is 95.8 cm³/mol. The molecule has 2 heterocycles. The molecule has 1 aliphatic rings. The van der Waals surface area contributed by atoms with E-state index in [1.165, 1.54) is 0 Å². The summed E-state index contributed by atoms with van der Waals surface area (Å²) in [6, 6.07) is 16.4. The minimum absolute atomic E-state index is 0.148. The van der Waals surface area contributed by atoms with Crippen molar-refractivity contribution in [2.45, 2.75) is 31.8 Å². The fourth-order valence-corrected chi connectivity index (χ4v) is 3.39. The van der Waals surface area contributed by atoms with Gasteiger partial charge in [-0.3, -0.25) is 14.7 Å². The van der Waals surface area contributed by atoms with Crippen LogP contribution in [0.15, 0.2) is 54.7 Å². The van der Waals surface area contributed by atoms with Crippen LogP contribution < -0.4 is 0 Å². The van der Waals surface area contributed by atoms with E-state index in [2.05, 4.69) is 29.9 Å². The highest BCUT2D eigenvalue weighted by molar-refractivity contribution is 5.94. The number of carbonyl (C=O) groups excluding carboxylic acids is 1. The van der Waals surface area contributed by atoms with Gasteiger partial charge in [-0.15, -0.1) is 0 Å². The fourth-order valence-electron chi connectivity index (χ4n) is 3.39. The van der Waals surface area contributed by atoms with Gasteiger partial charge in [-0.05, 0) is 51.1 Å². The van der Waals surface area contributed by atoms with Crippen LogP contribution in [-0.2, 0) is 0 Å². The SMILES string of the molecule is C[C@H](c1ccccn1)N(C)C1CCN(C(=O)c2ccccc2)CC1. The van der Waals surface area contributed by atoms with Crippen molar-refractivity contribution in [2.24, 2.45) is 0 Å². The second-order valence-corrected chi connectivity index (χ2v) is 6.49. The van der Waals surface area contributed by atoms with E-state index in [4.69, 9.17) is 0 Å². The number of pyridine rings is 1. The minimum Gasteiger partial charge on any atom is -0.339 e. The zero-order valence-electron chi connectivity index (χ0n) is 14.4. The third kappa shape index (κ3) is 3.65. The van der Waals surface area contributed by atoms with Crippen molar-refractivity contribution >= 4 is 5.91 Å². The molecule has 0 saturated carbocycles.